The van der Waals surface area contributed by atoms with Crippen molar-refractivity contribution in [2.45, 2.75) is 58.2 Å². The fraction of sp³-hybridized carbons (Fsp3) is 0.684. The van der Waals surface area contributed by atoms with Crippen LogP contribution < -0.4 is 0 Å². The van der Waals surface area contributed by atoms with Crippen molar-refractivity contribution in [2.75, 3.05) is 26.2 Å². The topological polar surface area (TPSA) is 9.72 Å². The summed E-state index contributed by atoms with van der Waals surface area (Å²) < 4.78 is 0. The second-order valence-corrected chi connectivity index (χ2v) is 7.17. The Morgan fingerprint density at radius 3 is 2.68 bits per heavy atom. The highest BCUT2D eigenvalue weighted by molar-refractivity contribution is 5.40. The van der Waals surface area contributed by atoms with Crippen molar-refractivity contribution in [3.05, 3.63) is 35.2 Å². The van der Waals surface area contributed by atoms with Crippen molar-refractivity contribution in [1.82, 2.24) is 14.7 Å². The number of rotatable bonds is 2. The molecule has 3 heteroatoms. The Balaban J connectivity index is 1.73. The van der Waals surface area contributed by atoms with Crippen molar-refractivity contribution in [2.24, 2.45) is 0 Å². The van der Waals surface area contributed by atoms with Gasteiger partial charge in [-0.15, -0.1) is 0 Å². The van der Waals surface area contributed by atoms with E-state index in [1.54, 1.807) is 11.1 Å². The number of nitrogens with zero attached hydrogens (tertiary/aromatic N) is 3. The van der Waals surface area contributed by atoms with Gasteiger partial charge in [-0.1, -0.05) is 19.9 Å². The zero-order valence-corrected chi connectivity index (χ0v) is 14.3. The minimum absolute atomic E-state index is 0.616. The molecule has 3 atom stereocenters. The molecule has 3 aliphatic heterocycles. The van der Waals surface area contributed by atoms with Gasteiger partial charge in [-0.2, -0.15) is 0 Å². The number of fused-ring (bicyclic) bond motifs is 4. The second-order valence-electron chi connectivity index (χ2n) is 7.17. The lowest BCUT2D eigenvalue weighted by molar-refractivity contribution is -0.000226. The van der Waals surface area contributed by atoms with Crippen molar-refractivity contribution < 1.29 is 0 Å². The van der Waals surface area contributed by atoms with Crippen molar-refractivity contribution in [1.29, 1.82) is 0 Å². The van der Waals surface area contributed by atoms with E-state index in [4.69, 9.17) is 0 Å². The van der Waals surface area contributed by atoms with Gasteiger partial charge in [0.15, 0.2) is 0 Å². The molecule has 4 rings (SSSR count). The molecule has 4 aliphatic rings. The fourth-order valence-electron chi connectivity index (χ4n) is 5.15. The average molecular weight is 299 g/mol. The second kappa shape index (κ2) is 5.54. The van der Waals surface area contributed by atoms with E-state index in [-0.39, 0.29) is 0 Å². The van der Waals surface area contributed by atoms with Gasteiger partial charge < -0.3 is 4.90 Å². The highest BCUT2D eigenvalue weighted by Gasteiger charge is 2.48. The van der Waals surface area contributed by atoms with E-state index in [0.29, 0.717) is 18.1 Å². The smallest absolute Gasteiger partial charge is 0.0548 e. The third-order valence-corrected chi connectivity index (χ3v) is 6.17. The summed E-state index contributed by atoms with van der Waals surface area (Å²) in [5.41, 5.74) is 4.76. The van der Waals surface area contributed by atoms with Gasteiger partial charge in [0.05, 0.1) is 12.1 Å². The summed E-state index contributed by atoms with van der Waals surface area (Å²) in [7, 11) is 0. The van der Waals surface area contributed by atoms with Gasteiger partial charge in [0.1, 0.15) is 0 Å². The van der Waals surface area contributed by atoms with Gasteiger partial charge >= 0.3 is 0 Å². The van der Waals surface area contributed by atoms with Gasteiger partial charge in [0.2, 0.25) is 0 Å². The summed E-state index contributed by atoms with van der Waals surface area (Å²) in [4.78, 5) is 8.06. The standard InChI is InChI=1S/C19H29N3/c1-4-20-10-11-21(5-2)19-17-12-15-8-6-7-9-16(15)22(17)13-14(3)18(19)20/h7,9,13,17-19H,4-6,8,10-12H2,1-3H3/t17-,18?,19?/m0/s1. The number of piperazine rings is 1. The fourth-order valence-corrected chi connectivity index (χ4v) is 5.15. The summed E-state index contributed by atoms with van der Waals surface area (Å²) in [5.74, 6) is 0. The Kier molecular flexibility index (Phi) is 3.66. The number of hydrogen-bond donors (Lipinski definition) is 0. The Morgan fingerprint density at radius 2 is 1.91 bits per heavy atom. The van der Waals surface area contributed by atoms with Gasteiger partial charge in [-0.25, -0.2) is 0 Å². The van der Waals surface area contributed by atoms with Crippen LogP contribution in [-0.2, 0) is 0 Å². The van der Waals surface area contributed by atoms with E-state index in [1.165, 1.54) is 51.1 Å². The highest BCUT2D eigenvalue weighted by Crippen LogP contribution is 2.43. The molecule has 1 fully saturated rings. The van der Waals surface area contributed by atoms with E-state index in [1.807, 2.05) is 0 Å². The maximum atomic E-state index is 2.74. The van der Waals surface area contributed by atoms with Crippen LogP contribution in [0.5, 0.6) is 0 Å². The molecule has 0 aromatic rings. The molecule has 1 aliphatic carbocycles. The van der Waals surface area contributed by atoms with Crippen LogP contribution in [0.25, 0.3) is 0 Å². The average Bonchev–Trinajstić information content (AvgIpc) is 2.92. The monoisotopic (exact) mass is 299 g/mol. The van der Waals surface area contributed by atoms with Crippen LogP contribution in [0.3, 0.4) is 0 Å². The molecule has 0 aromatic heterocycles. The maximum Gasteiger partial charge on any atom is 0.0548 e. The summed E-state index contributed by atoms with van der Waals surface area (Å²) >= 11 is 0. The largest absolute Gasteiger partial charge is 0.343 e. The van der Waals surface area contributed by atoms with Crippen LogP contribution in [-0.4, -0.2) is 59.0 Å². The third kappa shape index (κ3) is 2.02. The van der Waals surface area contributed by atoms with Crippen LogP contribution >= 0.6 is 0 Å². The van der Waals surface area contributed by atoms with Crippen LogP contribution in [0.4, 0.5) is 0 Å². The Morgan fingerprint density at radius 1 is 1.14 bits per heavy atom. The molecular formula is C19H29N3. The molecule has 0 saturated carbocycles. The first-order valence-electron chi connectivity index (χ1n) is 9.08. The molecule has 0 N–H and O–H groups in total. The van der Waals surface area contributed by atoms with Crippen LogP contribution in [0.1, 0.15) is 40.0 Å². The first-order valence-corrected chi connectivity index (χ1v) is 9.08. The van der Waals surface area contributed by atoms with Crippen molar-refractivity contribution in [3.63, 3.8) is 0 Å². The van der Waals surface area contributed by atoms with E-state index < -0.39 is 0 Å². The predicted octanol–water partition coefficient (Wildman–Crippen LogP) is 2.98. The van der Waals surface area contributed by atoms with E-state index in [0.717, 1.165) is 0 Å². The first kappa shape index (κ1) is 14.5. The van der Waals surface area contributed by atoms with Gasteiger partial charge in [-0.3, -0.25) is 9.80 Å². The Hall–Kier alpha value is -1.06. The molecule has 0 aromatic carbocycles. The molecule has 120 valence electrons. The molecule has 0 radical (unpaired) electrons. The predicted molar refractivity (Wildman–Crippen MR) is 91.5 cm³/mol. The zero-order valence-electron chi connectivity index (χ0n) is 14.3. The minimum Gasteiger partial charge on any atom is -0.343 e. The van der Waals surface area contributed by atoms with Gasteiger partial charge in [0.25, 0.3) is 0 Å². The lowest BCUT2D eigenvalue weighted by Gasteiger charge is -2.54. The summed E-state index contributed by atoms with van der Waals surface area (Å²) in [6.45, 7) is 11.8. The normalized spacial score (nSPS) is 35.3. The number of likely N-dealkylation sites (N-methyl/N-ethyl adjacent to an activating group) is 2. The molecule has 2 unspecified atom stereocenters. The minimum atomic E-state index is 0.616. The molecule has 0 spiro atoms. The molecule has 0 bridgehead atoms. The molecule has 22 heavy (non-hydrogen) atoms. The van der Waals surface area contributed by atoms with Gasteiger partial charge in [-0.05, 0) is 56.5 Å². The Labute approximate surface area is 134 Å². The van der Waals surface area contributed by atoms with Gasteiger partial charge in [0, 0.05) is 31.0 Å². The van der Waals surface area contributed by atoms with E-state index in [9.17, 15) is 0 Å². The maximum absolute atomic E-state index is 2.74. The SMILES string of the molecule is CCN1CCN(CC)C2C1C(C)=CN1C3=C(CCC=C3)C[C@@H]21. The van der Waals surface area contributed by atoms with E-state index in [2.05, 4.69) is 53.8 Å². The number of hydrogen-bond acceptors (Lipinski definition) is 3. The lowest BCUT2D eigenvalue weighted by Crippen LogP contribution is -2.67. The summed E-state index contributed by atoms with van der Waals surface area (Å²) in [5, 5.41) is 0. The summed E-state index contributed by atoms with van der Waals surface area (Å²) in [6.07, 6.45) is 11.0. The zero-order chi connectivity index (χ0) is 15.3. The molecule has 3 nitrogen and oxygen atoms in total. The summed E-state index contributed by atoms with van der Waals surface area (Å²) in [6, 6.07) is 1.92. The van der Waals surface area contributed by atoms with Crippen LogP contribution in [0.2, 0.25) is 0 Å². The molecule has 0 amide bonds. The molecular weight excluding hydrogens is 270 g/mol. The first-order chi connectivity index (χ1) is 10.7. The van der Waals surface area contributed by atoms with Crippen LogP contribution in [0.15, 0.2) is 35.2 Å². The van der Waals surface area contributed by atoms with Crippen molar-refractivity contribution >= 4 is 0 Å². The van der Waals surface area contributed by atoms with Crippen LogP contribution in [0, 0.1) is 0 Å². The number of allylic oxidation sites excluding steroid dienone is 2. The lowest BCUT2D eigenvalue weighted by atomic mass is 9.84. The quantitative estimate of drug-likeness (QED) is 0.776. The molecule has 3 heterocycles. The van der Waals surface area contributed by atoms with Crippen molar-refractivity contribution in [3.8, 4) is 0 Å². The third-order valence-electron chi connectivity index (χ3n) is 6.17. The Bertz CT molecular complexity index is 545. The highest BCUT2D eigenvalue weighted by atomic mass is 15.4. The van der Waals surface area contributed by atoms with E-state index >= 15 is 0 Å². The molecule has 1 saturated heterocycles.